The standard InChI is InChI=1S/C27H39NO5Si/c1-27(2,3)14-13-22(33-34(5)6)25-23(18-31-26(25)20-11-9-15-28-17-20)32-24(29)16-19-10-7-8-12-21(19)30-4/h7-12,15,17,22-23,25-26,34H,13-14,16,18H2,1-6H3/t22?,23-,25+,26+/m0/s1. The van der Waals surface area contributed by atoms with E-state index in [0.717, 1.165) is 24.0 Å². The SMILES string of the molecule is COc1ccccc1CC(=O)O[C@H]1CO[C@H](c2cccnc2)[C@@H]1C(CCC(C)(C)C)O[SiH](C)C. The zero-order chi connectivity index (χ0) is 24.7. The summed E-state index contributed by atoms with van der Waals surface area (Å²) in [5, 5.41) is 0. The molecule has 7 heteroatoms. The van der Waals surface area contributed by atoms with Gasteiger partial charge in [0, 0.05) is 18.0 Å². The van der Waals surface area contributed by atoms with Crippen molar-refractivity contribution in [2.45, 2.75) is 71.4 Å². The summed E-state index contributed by atoms with van der Waals surface area (Å²) in [5.74, 6) is 0.304. The highest BCUT2D eigenvalue weighted by molar-refractivity contribution is 6.48. The van der Waals surface area contributed by atoms with Gasteiger partial charge in [0.2, 0.25) is 0 Å². The van der Waals surface area contributed by atoms with E-state index in [9.17, 15) is 4.79 Å². The average Bonchev–Trinajstić information content (AvgIpc) is 3.20. The van der Waals surface area contributed by atoms with Crippen molar-refractivity contribution in [3.8, 4) is 5.75 Å². The minimum absolute atomic E-state index is 0.0531. The van der Waals surface area contributed by atoms with E-state index in [4.69, 9.17) is 18.6 Å². The van der Waals surface area contributed by atoms with Crippen molar-refractivity contribution < 1.29 is 23.4 Å². The number of carbonyl (C=O) groups is 1. The highest BCUT2D eigenvalue weighted by Gasteiger charge is 2.46. The first-order valence-electron chi connectivity index (χ1n) is 12.2. The molecule has 186 valence electrons. The molecule has 0 spiro atoms. The van der Waals surface area contributed by atoms with Crippen LogP contribution in [0.1, 0.15) is 50.8 Å². The van der Waals surface area contributed by atoms with Gasteiger partial charge >= 0.3 is 5.97 Å². The van der Waals surface area contributed by atoms with Crippen LogP contribution in [0.2, 0.25) is 13.1 Å². The van der Waals surface area contributed by atoms with Gasteiger partial charge in [-0.1, -0.05) is 45.0 Å². The minimum Gasteiger partial charge on any atom is -0.496 e. The number of hydrogen-bond donors (Lipinski definition) is 0. The van der Waals surface area contributed by atoms with Gasteiger partial charge in [0.25, 0.3) is 0 Å². The number of carbonyl (C=O) groups excluding carboxylic acids is 1. The van der Waals surface area contributed by atoms with Crippen LogP contribution >= 0.6 is 0 Å². The molecule has 1 aliphatic rings. The number of aromatic nitrogens is 1. The van der Waals surface area contributed by atoms with Crippen molar-refractivity contribution in [1.29, 1.82) is 0 Å². The summed E-state index contributed by atoms with van der Waals surface area (Å²) in [6, 6.07) is 11.5. The molecule has 1 aliphatic heterocycles. The summed E-state index contributed by atoms with van der Waals surface area (Å²) in [6.45, 7) is 11.4. The van der Waals surface area contributed by atoms with Gasteiger partial charge in [0.05, 0.1) is 38.3 Å². The maximum Gasteiger partial charge on any atom is 0.310 e. The van der Waals surface area contributed by atoms with E-state index >= 15 is 0 Å². The summed E-state index contributed by atoms with van der Waals surface area (Å²) < 4.78 is 24.3. The van der Waals surface area contributed by atoms with Crippen molar-refractivity contribution in [1.82, 2.24) is 4.98 Å². The van der Waals surface area contributed by atoms with E-state index in [2.05, 4.69) is 38.8 Å². The second-order valence-electron chi connectivity index (χ2n) is 10.5. The van der Waals surface area contributed by atoms with E-state index in [0.29, 0.717) is 12.4 Å². The third-order valence-electron chi connectivity index (χ3n) is 6.10. The Balaban J connectivity index is 1.84. The molecule has 0 radical (unpaired) electrons. The van der Waals surface area contributed by atoms with E-state index in [1.165, 1.54) is 0 Å². The first-order chi connectivity index (χ1) is 16.2. The monoisotopic (exact) mass is 485 g/mol. The number of benzene rings is 1. The number of pyridine rings is 1. The van der Waals surface area contributed by atoms with Crippen LogP contribution in [-0.2, 0) is 25.1 Å². The van der Waals surface area contributed by atoms with Gasteiger partial charge < -0.3 is 18.6 Å². The van der Waals surface area contributed by atoms with Crippen LogP contribution in [-0.4, -0.2) is 45.9 Å². The van der Waals surface area contributed by atoms with Crippen LogP contribution in [0, 0.1) is 11.3 Å². The second-order valence-corrected chi connectivity index (χ2v) is 12.8. The molecular weight excluding hydrogens is 446 g/mol. The quantitative estimate of drug-likeness (QED) is 0.343. The molecule has 1 fully saturated rings. The third kappa shape index (κ3) is 7.39. The zero-order valence-corrected chi connectivity index (χ0v) is 22.5. The third-order valence-corrected chi connectivity index (χ3v) is 6.99. The van der Waals surface area contributed by atoms with Crippen molar-refractivity contribution in [3.63, 3.8) is 0 Å². The maximum absolute atomic E-state index is 13.0. The van der Waals surface area contributed by atoms with Gasteiger partial charge in [-0.05, 0) is 49.0 Å². The molecule has 2 aromatic rings. The Kier molecular flexibility index (Phi) is 9.28. The molecule has 2 heterocycles. The Bertz CT molecular complexity index is 915. The summed E-state index contributed by atoms with van der Waals surface area (Å²) in [5.41, 5.74) is 1.98. The summed E-state index contributed by atoms with van der Waals surface area (Å²) in [7, 11) is 0.258. The highest BCUT2D eigenvalue weighted by Crippen LogP contribution is 2.42. The Labute approximate surface area is 205 Å². The number of rotatable bonds is 10. The molecule has 0 bridgehead atoms. The molecule has 1 aromatic heterocycles. The van der Waals surface area contributed by atoms with E-state index in [-0.39, 0.29) is 42.0 Å². The van der Waals surface area contributed by atoms with Crippen LogP contribution in [0.15, 0.2) is 48.8 Å². The Morgan fingerprint density at radius 1 is 1.21 bits per heavy atom. The molecule has 0 amide bonds. The molecule has 0 N–H and O–H groups in total. The smallest absolute Gasteiger partial charge is 0.310 e. The lowest BCUT2D eigenvalue weighted by molar-refractivity contribution is -0.151. The lowest BCUT2D eigenvalue weighted by Gasteiger charge is -2.34. The lowest BCUT2D eigenvalue weighted by atomic mass is 9.82. The van der Waals surface area contributed by atoms with Gasteiger partial charge in [-0.25, -0.2) is 0 Å². The molecule has 0 saturated carbocycles. The van der Waals surface area contributed by atoms with Crippen molar-refractivity contribution in [3.05, 3.63) is 59.9 Å². The predicted octanol–water partition coefficient (Wildman–Crippen LogP) is 5.13. The first-order valence-corrected chi connectivity index (χ1v) is 14.9. The highest BCUT2D eigenvalue weighted by atomic mass is 28.3. The topological polar surface area (TPSA) is 66.9 Å². The van der Waals surface area contributed by atoms with E-state index in [1.807, 2.05) is 42.6 Å². The van der Waals surface area contributed by atoms with Crippen LogP contribution in [0.25, 0.3) is 0 Å². The van der Waals surface area contributed by atoms with Gasteiger partial charge in [-0.3, -0.25) is 9.78 Å². The summed E-state index contributed by atoms with van der Waals surface area (Å²) in [4.78, 5) is 17.3. The molecule has 4 atom stereocenters. The molecular formula is C27H39NO5Si. The predicted molar refractivity (Wildman–Crippen MR) is 135 cm³/mol. The van der Waals surface area contributed by atoms with Crippen LogP contribution in [0.4, 0.5) is 0 Å². The summed E-state index contributed by atoms with van der Waals surface area (Å²) >= 11 is 0. The Morgan fingerprint density at radius 3 is 2.62 bits per heavy atom. The fourth-order valence-electron chi connectivity index (χ4n) is 4.52. The fraction of sp³-hybridized carbons (Fsp3) is 0.556. The van der Waals surface area contributed by atoms with Crippen molar-refractivity contribution >= 4 is 15.0 Å². The molecule has 34 heavy (non-hydrogen) atoms. The van der Waals surface area contributed by atoms with Gasteiger partial charge in [0.1, 0.15) is 11.9 Å². The van der Waals surface area contributed by atoms with Crippen LogP contribution < -0.4 is 4.74 Å². The van der Waals surface area contributed by atoms with Crippen LogP contribution in [0.3, 0.4) is 0 Å². The zero-order valence-electron chi connectivity index (χ0n) is 21.3. The largest absolute Gasteiger partial charge is 0.496 e. The number of ether oxygens (including phenoxy) is 3. The average molecular weight is 486 g/mol. The normalized spacial score (nSPS) is 21.4. The first kappa shape index (κ1) is 26.4. The second kappa shape index (κ2) is 12.0. The number of hydrogen-bond acceptors (Lipinski definition) is 6. The van der Waals surface area contributed by atoms with Gasteiger partial charge in [-0.15, -0.1) is 0 Å². The van der Waals surface area contributed by atoms with Crippen LogP contribution in [0.5, 0.6) is 5.75 Å². The molecule has 6 nitrogen and oxygen atoms in total. The van der Waals surface area contributed by atoms with E-state index < -0.39 is 9.04 Å². The van der Waals surface area contributed by atoms with Crippen molar-refractivity contribution in [2.24, 2.45) is 11.3 Å². The number of methoxy groups -OCH3 is 1. The molecule has 0 aliphatic carbocycles. The fourth-order valence-corrected chi connectivity index (χ4v) is 5.53. The van der Waals surface area contributed by atoms with Gasteiger partial charge in [0.15, 0.2) is 9.04 Å². The molecule has 3 rings (SSSR count). The number of para-hydroxylation sites is 1. The van der Waals surface area contributed by atoms with E-state index in [1.54, 1.807) is 13.3 Å². The summed E-state index contributed by atoms with van der Waals surface area (Å²) in [6.07, 6.45) is 4.98. The Morgan fingerprint density at radius 2 is 1.97 bits per heavy atom. The maximum atomic E-state index is 13.0. The molecule has 1 aromatic carbocycles. The number of nitrogens with zero attached hydrogens (tertiary/aromatic N) is 1. The molecule has 1 unspecified atom stereocenters. The van der Waals surface area contributed by atoms with Crippen molar-refractivity contribution in [2.75, 3.05) is 13.7 Å². The number of esters is 1. The minimum atomic E-state index is -1.35. The van der Waals surface area contributed by atoms with Gasteiger partial charge in [-0.2, -0.15) is 0 Å². The Hall–Kier alpha value is -2.22. The lowest BCUT2D eigenvalue weighted by Crippen LogP contribution is -2.39. The molecule has 1 saturated heterocycles.